The Morgan fingerprint density at radius 1 is 1.25 bits per heavy atom. The quantitative estimate of drug-likeness (QED) is 0.608. The van der Waals surface area contributed by atoms with Crippen molar-refractivity contribution < 1.29 is 27.9 Å². The molecule has 0 saturated heterocycles. The van der Waals surface area contributed by atoms with Gasteiger partial charge in [-0.05, 0) is 31.2 Å². The number of para-hydroxylation sites is 1. The largest absolute Gasteiger partial charge is 0.449 e. The summed E-state index contributed by atoms with van der Waals surface area (Å²) in [6, 6.07) is 10.9. The molecule has 0 aliphatic rings. The number of methoxy groups -OCH3 is 1. The molecule has 1 heterocycles. The van der Waals surface area contributed by atoms with Gasteiger partial charge in [-0.15, -0.1) is 0 Å². The van der Waals surface area contributed by atoms with Crippen LogP contribution in [-0.4, -0.2) is 25.1 Å². The first-order valence-electron chi connectivity index (χ1n) is 8.37. The molecule has 146 valence electrons. The van der Waals surface area contributed by atoms with Crippen molar-refractivity contribution in [2.75, 3.05) is 12.4 Å². The van der Waals surface area contributed by atoms with Gasteiger partial charge in [-0.25, -0.2) is 9.18 Å². The van der Waals surface area contributed by atoms with Crippen LogP contribution in [0.5, 0.6) is 0 Å². The number of hydrogen-bond acceptors (Lipinski definition) is 5. The number of benzene rings is 2. The Hall–Kier alpha value is -2.90. The van der Waals surface area contributed by atoms with Crippen LogP contribution in [0, 0.1) is 5.82 Å². The topological polar surface area (TPSA) is 77.8 Å². The number of carbonyl (C=O) groups excluding carboxylic acids is 2. The summed E-state index contributed by atoms with van der Waals surface area (Å²) in [5.74, 6) is -2.01. The maximum Gasteiger partial charge on any atom is 0.375 e. The molecule has 0 unspecified atom stereocenters. The Bertz CT molecular complexity index is 1030. The van der Waals surface area contributed by atoms with Crippen LogP contribution in [0.25, 0.3) is 11.0 Å². The minimum atomic E-state index is -1.13. The average molecular weight is 406 g/mol. The number of anilines is 1. The molecular formula is C20H17ClFNO5. The van der Waals surface area contributed by atoms with Crippen molar-refractivity contribution in [2.45, 2.75) is 19.6 Å². The van der Waals surface area contributed by atoms with E-state index in [2.05, 4.69) is 5.32 Å². The predicted octanol–water partition coefficient (Wildman–Crippen LogP) is 4.56. The van der Waals surface area contributed by atoms with Crippen molar-refractivity contribution in [2.24, 2.45) is 0 Å². The van der Waals surface area contributed by atoms with Gasteiger partial charge in [0.15, 0.2) is 6.10 Å². The SMILES string of the molecule is COCc1c(C(=O)O[C@H](C)C(=O)Nc2ccc(F)c(Cl)c2)oc2ccccc12. The predicted molar refractivity (Wildman–Crippen MR) is 102 cm³/mol. The van der Waals surface area contributed by atoms with E-state index in [4.69, 9.17) is 25.5 Å². The average Bonchev–Trinajstić information content (AvgIpc) is 3.04. The van der Waals surface area contributed by atoms with Crippen molar-refractivity contribution in [1.29, 1.82) is 0 Å². The summed E-state index contributed by atoms with van der Waals surface area (Å²) in [7, 11) is 1.50. The highest BCUT2D eigenvalue weighted by Crippen LogP contribution is 2.27. The van der Waals surface area contributed by atoms with E-state index in [1.165, 1.54) is 26.2 Å². The molecule has 1 amide bonds. The van der Waals surface area contributed by atoms with Gasteiger partial charge in [0, 0.05) is 23.7 Å². The molecule has 3 aromatic rings. The number of amides is 1. The number of fused-ring (bicyclic) bond motifs is 1. The third kappa shape index (κ3) is 4.16. The third-order valence-electron chi connectivity index (χ3n) is 4.01. The zero-order valence-electron chi connectivity index (χ0n) is 15.1. The number of carbonyl (C=O) groups is 2. The van der Waals surface area contributed by atoms with Crippen LogP contribution in [-0.2, 0) is 20.9 Å². The van der Waals surface area contributed by atoms with Crippen molar-refractivity contribution >= 4 is 40.1 Å². The molecule has 2 aromatic carbocycles. The Balaban J connectivity index is 1.74. The summed E-state index contributed by atoms with van der Waals surface area (Å²) >= 11 is 5.69. The minimum absolute atomic E-state index is 0.0208. The van der Waals surface area contributed by atoms with E-state index in [0.29, 0.717) is 11.1 Å². The lowest BCUT2D eigenvalue weighted by Crippen LogP contribution is -2.30. The summed E-state index contributed by atoms with van der Waals surface area (Å²) in [5.41, 5.74) is 1.34. The molecule has 0 spiro atoms. The highest BCUT2D eigenvalue weighted by atomic mass is 35.5. The molecule has 0 bridgehead atoms. The molecule has 0 aliphatic carbocycles. The van der Waals surface area contributed by atoms with Gasteiger partial charge in [0.05, 0.1) is 11.6 Å². The van der Waals surface area contributed by atoms with Gasteiger partial charge in [0.2, 0.25) is 5.76 Å². The molecule has 0 saturated carbocycles. The summed E-state index contributed by atoms with van der Waals surface area (Å²) in [6.07, 6.45) is -1.13. The second-order valence-corrected chi connectivity index (χ2v) is 6.41. The highest BCUT2D eigenvalue weighted by molar-refractivity contribution is 6.31. The standard InChI is InChI=1S/C20H17ClFNO5/c1-11(19(24)23-12-7-8-16(22)15(21)9-12)27-20(25)18-14(10-26-2)13-5-3-4-6-17(13)28-18/h3-9,11H,10H2,1-2H3,(H,23,24)/t11-/m1/s1. The van der Waals surface area contributed by atoms with Gasteiger partial charge in [-0.2, -0.15) is 0 Å². The van der Waals surface area contributed by atoms with Crippen LogP contribution in [0.3, 0.4) is 0 Å². The first kappa shape index (κ1) is 19.9. The molecule has 28 heavy (non-hydrogen) atoms. The van der Waals surface area contributed by atoms with Gasteiger partial charge in [-0.1, -0.05) is 29.8 Å². The lowest BCUT2D eigenvalue weighted by Gasteiger charge is -2.13. The van der Waals surface area contributed by atoms with Gasteiger partial charge in [0.25, 0.3) is 5.91 Å². The smallest absolute Gasteiger partial charge is 0.375 e. The third-order valence-corrected chi connectivity index (χ3v) is 4.30. The Morgan fingerprint density at radius 3 is 2.71 bits per heavy atom. The molecule has 6 nitrogen and oxygen atoms in total. The molecule has 1 aromatic heterocycles. The fourth-order valence-electron chi connectivity index (χ4n) is 2.64. The first-order chi connectivity index (χ1) is 13.4. The summed E-state index contributed by atoms with van der Waals surface area (Å²) in [6.45, 7) is 1.56. The number of furan rings is 1. The van der Waals surface area contributed by atoms with Crippen LogP contribution in [0.2, 0.25) is 5.02 Å². The second kappa shape index (κ2) is 8.41. The zero-order valence-corrected chi connectivity index (χ0v) is 15.9. The van der Waals surface area contributed by atoms with E-state index in [1.807, 2.05) is 6.07 Å². The monoisotopic (exact) mass is 405 g/mol. The van der Waals surface area contributed by atoms with E-state index < -0.39 is 23.8 Å². The summed E-state index contributed by atoms with van der Waals surface area (Å²) in [5, 5.41) is 3.11. The van der Waals surface area contributed by atoms with Crippen LogP contribution in [0.4, 0.5) is 10.1 Å². The number of nitrogens with one attached hydrogen (secondary N) is 1. The second-order valence-electron chi connectivity index (χ2n) is 6.00. The molecule has 0 aliphatic heterocycles. The maximum atomic E-state index is 13.2. The maximum absolute atomic E-state index is 13.2. The Kier molecular flexibility index (Phi) is 5.96. The minimum Gasteiger partial charge on any atom is -0.449 e. The van der Waals surface area contributed by atoms with Crippen LogP contribution < -0.4 is 5.32 Å². The molecule has 0 fully saturated rings. The molecule has 0 radical (unpaired) electrons. The van der Waals surface area contributed by atoms with Crippen molar-refractivity contribution in [3.05, 3.63) is 64.6 Å². The number of esters is 1. The fraction of sp³-hybridized carbons (Fsp3) is 0.200. The molecule has 8 heteroatoms. The lowest BCUT2D eigenvalue weighted by atomic mass is 10.1. The van der Waals surface area contributed by atoms with E-state index >= 15 is 0 Å². The lowest BCUT2D eigenvalue weighted by molar-refractivity contribution is -0.123. The highest BCUT2D eigenvalue weighted by Gasteiger charge is 2.26. The summed E-state index contributed by atoms with van der Waals surface area (Å²) < 4.78 is 29.2. The van der Waals surface area contributed by atoms with Gasteiger partial charge in [-0.3, -0.25) is 4.79 Å². The zero-order chi connectivity index (χ0) is 20.3. The van der Waals surface area contributed by atoms with Gasteiger partial charge in [0.1, 0.15) is 11.4 Å². The Morgan fingerprint density at radius 2 is 2.00 bits per heavy atom. The van der Waals surface area contributed by atoms with E-state index in [-0.39, 0.29) is 23.1 Å². The van der Waals surface area contributed by atoms with Gasteiger partial charge >= 0.3 is 5.97 Å². The molecular weight excluding hydrogens is 389 g/mol. The van der Waals surface area contributed by atoms with Crippen LogP contribution >= 0.6 is 11.6 Å². The van der Waals surface area contributed by atoms with Crippen molar-refractivity contribution in [3.63, 3.8) is 0 Å². The van der Waals surface area contributed by atoms with Crippen LogP contribution in [0.15, 0.2) is 46.9 Å². The summed E-state index contributed by atoms with van der Waals surface area (Å²) in [4.78, 5) is 24.8. The number of hydrogen-bond donors (Lipinski definition) is 1. The first-order valence-corrected chi connectivity index (χ1v) is 8.74. The fourth-order valence-corrected chi connectivity index (χ4v) is 2.82. The van der Waals surface area contributed by atoms with Gasteiger partial charge < -0.3 is 19.2 Å². The normalized spacial score (nSPS) is 12.0. The molecule has 3 rings (SSSR count). The molecule has 1 atom stereocenters. The van der Waals surface area contributed by atoms with Crippen LogP contribution in [0.1, 0.15) is 23.0 Å². The number of ether oxygens (including phenoxy) is 2. The number of rotatable bonds is 6. The molecule has 1 N–H and O–H groups in total. The van der Waals surface area contributed by atoms with E-state index in [1.54, 1.807) is 18.2 Å². The van der Waals surface area contributed by atoms with E-state index in [0.717, 1.165) is 11.5 Å². The van der Waals surface area contributed by atoms with Crippen molar-refractivity contribution in [1.82, 2.24) is 0 Å². The number of halogens is 2. The Labute approximate surface area is 165 Å². The van der Waals surface area contributed by atoms with E-state index in [9.17, 15) is 14.0 Å². The van der Waals surface area contributed by atoms with Crippen molar-refractivity contribution in [3.8, 4) is 0 Å².